The molecule has 0 unspecified atom stereocenters. The molecule has 4 rings (SSSR count). The number of esters is 1. The molecule has 2 aromatic heterocycles. The number of ether oxygens (including phenoxy) is 1. The Morgan fingerprint density at radius 2 is 1.97 bits per heavy atom. The Morgan fingerprint density at radius 3 is 2.65 bits per heavy atom. The molecule has 0 radical (unpaired) electrons. The molecule has 0 saturated carbocycles. The average Bonchev–Trinajstić information content (AvgIpc) is 3.31. The van der Waals surface area contributed by atoms with Gasteiger partial charge in [-0.25, -0.2) is 9.78 Å². The zero-order chi connectivity index (χ0) is 22.3. The van der Waals surface area contributed by atoms with Gasteiger partial charge in [0.25, 0.3) is 11.5 Å². The van der Waals surface area contributed by atoms with Crippen molar-refractivity contribution in [2.75, 3.05) is 11.9 Å². The summed E-state index contributed by atoms with van der Waals surface area (Å²) in [6.45, 7) is 1.59. The number of thiophene rings is 1. The first kappa shape index (κ1) is 21.0. The summed E-state index contributed by atoms with van der Waals surface area (Å²) in [5.41, 5.74) is -0.440. The van der Waals surface area contributed by atoms with E-state index in [-0.39, 0.29) is 16.1 Å². The number of hydrogen-bond donors (Lipinski definition) is 1. The maximum Gasteiger partial charge on any atom is 0.416 e. The maximum atomic E-state index is 12.7. The third kappa shape index (κ3) is 4.05. The highest BCUT2D eigenvalue weighted by molar-refractivity contribution is 7.20. The topological polar surface area (TPSA) is 90.3 Å². The van der Waals surface area contributed by atoms with Gasteiger partial charge in [0.1, 0.15) is 15.5 Å². The number of benzene rings is 1. The highest BCUT2D eigenvalue weighted by Gasteiger charge is 2.30. The zero-order valence-electron chi connectivity index (χ0n) is 16.2. The standard InChI is InChI=1S/C20H16F3N3O4S/c1-10-15-17(25-13-3-2-8-26(13)18(15)28)31-16(10)19(29)30-9-14(27)24-12-6-4-11(5-7-12)20(21,22)23/h4-7H,2-3,8-9H2,1H3,(H,24,27). The maximum absolute atomic E-state index is 12.7. The fourth-order valence-electron chi connectivity index (χ4n) is 3.41. The summed E-state index contributed by atoms with van der Waals surface area (Å²) in [6, 6.07) is 3.89. The van der Waals surface area contributed by atoms with Crippen molar-refractivity contribution in [3.8, 4) is 0 Å². The number of aryl methyl sites for hydroxylation is 2. The summed E-state index contributed by atoms with van der Waals surface area (Å²) in [4.78, 5) is 42.2. The molecule has 1 amide bonds. The minimum absolute atomic E-state index is 0.138. The Balaban J connectivity index is 1.43. The van der Waals surface area contributed by atoms with E-state index in [1.165, 1.54) is 0 Å². The van der Waals surface area contributed by atoms with Gasteiger partial charge < -0.3 is 10.1 Å². The van der Waals surface area contributed by atoms with Crippen LogP contribution in [0.5, 0.6) is 0 Å². The van der Waals surface area contributed by atoms with Crippen molar-refractivity contribution in [2.45, 2.75) is 32.5 Å². The summed E-state index contributed by atoms with van der Waals surface area (Å²) in [5.74, 6) is -0.786. The number of rotatable bonds is 4. The van der Waals surface area contributed by atoms with Crippen LogP contribution < -0.4 is 10.9 Å². The van der Waals surface area contributed by atoms with Crippen LogP contribution in [0.4, 0.5) is 18.9 Å². The molecule has 0 spiro atoms. The Kier molecular flexibility index (Phi) is 5.29. The molecule has 0 fully saturated rings. The fraction of sp³-hybridized carbons (Fsp3) is 0.300. The largest absolute Gasteiger partial charge is 0.451 e. The second-order valence-electron chi connectivity index (χ2n) is 7.02. The number of alkyl halides is 3. The van der Waals surface area contributed by atoms with Crippen molar-refractivity contribution in [1.82, 2.24) is 9.55 Å². The summed E-state index contributed by atoms with van der Waals surface area (Å²) in [5, 5.41) is 2.73. The third-order valence-corrected chi connectivity index (χ3v) is 6.09. The monoisotopic (exact) mass is 451 g/mol. The van der Waals surface area contributed by atoms with Gasteiger partial charge in [-0.05, 0) is 43.2 Å². The van der Waals surface area contributed by atoms with Gasteiger partial charge >= 0.3 is 12.1 Å². The number of aromatic nitrogens is 2. The van der Waals surface area contributed by atoms with Crippen LogP contribution in [0.25, 0.3) is 10.2 Å². The van der Waals surface area contributed by atoms with Gasteiger partial charge in [-0.2, -0.15) is 13.2 Å². The van der Waals surface area contributed by atoms with Crippen LogP contribution in [-0.4, -0.2) is 28.0 Å². The quantitative estimate of drug-likeness (QED) is 0.613. The Hall–Kier alpha value is -3.21. The first-order chi connectivity index (χ1) is 14.6. The minimum Gasteiger partial charge on any atom is -0.451 e. The van der Waals surface area contributed by atoms with Crippen LogP contribution in [0.1, 0.15) is 33.0 Å². The first-order valence-electron chi connectivity index (χ1n) is 9.32. The first-order valence-corrected chi connectivity index (χ1v) is 10.1. The van der Waals surface area contributed by atoms with E-state index in [0.717, 1.165) is 42.0 Å². The van der Waals surface area contributed by atoms with Gasteiger partial charge in [-0.3, -0.25) is 14.2 Å². The summed E-state index contributed by atoms with van der Waals surface area (Å²) < 4.78 is 44.4. The van der Waals surface area contributed by atoms with Gasteiger partial charge in [-0.15, -0.1) is 11.3 Å². The predicted molar refractivity (Wildman–Crippen MR) is 107 cm³/mol. The highest BCUT2D eigenvalue weighted by Crippen LogP contribution is 2.30. The molecule has 0 aliphatic carbocycles. The van der Waals surface area contributed by atoms with E-state index in [0.29, 0.717) is 34.6 Å². The normalized spacial score (nSPS) is 13.3. The van der Waals surface area contributed by atoms with Gasteiger partial charge in [0.15, 0.2) is 6.61 Å². The lowest BCUT2D eigenvalue weighted by molar-refractivity contribution is -0.137. The van der Waals surface area contributed by atoms with Crippen molar-refractivity contribution >= 4 is 39.1 Å². The van der Waals surface area contributed by atoms with Crippen molar-refractivity contribution in [1.29, 1.82) is 0 Å². The Morgan fingerprint density at radius 1 is 1.26 bits per heavy atom. The smallest absolute Gasteiger partial charge is 0.416 e. The number of halogens is 3. The lowest BCUT2D eigenvalue weighted by Crippen LogP contribution is -2.21. The molecular weight excluding hydrogens is 435 g/mol. The van der Waals surface area contributed by atoms with Gasteiger partial charge in [0.05, 0.1) is 10.9 Å². The van der Waals surface area contributed by atoms with Crippen LogP contribution in [0.2, 0.25) is 0 Å². The molecule has 1 N–H and O–H groups in total. The molecule has 31 heavy (non-hydrogen) atoms. The number of anilines is 1. The third-order valence-electron chi connectivity index (χ3n) is 4.93. The molecule has 1 aliphatic heterocycles. The molecule has 3 heterocycles. The Labute approximate surface area is 177 Å². The van der Waals surface area contributed by atoms with Crippen LogP contribution in [0, 0.1) is 6.92 Å². The lowest BCUT2D eigenvalue weighted by atomic mass is 10.2. The van der Waals surface area contributed by atoms with Crippen molar-refractivity contribution in [2.24, 2.45) is 0 Å². The number of nitrogens with zero attached hydrogens (tertiary/aromatic N) is 2. The van der Waals surface area contributed by atoms with Crippen LogP contribution in [-0.2, 0) is 28.7 Å². The summed E-state index contributed by atoms with van der Waals surface area (Å²) >= 11 is 1.03. The number of nitrogens with one attached hydrogen (secondary N) is 1. The summed E-state index contributed by atoms with van der Waals surface area (Å²) in [7, 11) is 0. The molecule has 0 bridgehead atoms. The number of fused-ring (bicyclic) bond motifs is 2. The van der Waals surface area contributed by atoms with Gasteiger partial charge in [0, 0.05) is 18.7 Å². The fourth-order valence-corrected chi connectivity index (χ4v) is 4.49. The van der Waals surface area contributed by atoms with E-state index in [1.54, 1.807) is 11.5 Å². The van der Waals surface area contributed by atoms with Crippen LogP contribution in [0.3, 0.4) is 0 Å². The molecule has 7 nitrogen and oxygen atoms in total. The Bertz CT molecular complexity index is 1250. The molecule has 162 valence electrons. The predicted octanol–water partition coefficient (Wildman–Crippen LogP) is 3.53. The molecule has 3 aromatic rings. The van der Waals surface area contributed by atoms with E-state index < -0.39 is 30.2 Å². The van der Waals surface area contributed by atoms with E-state index in [4.69, 9.17) is 4.74 Å². The number of hydrogen-bond acceptors (Lipinski definition) is 6. The summed E-state index contributed by atoms with van der Waals surface area (Å²) in [6.07, 6.45) is -2.93. The number of amides is 1. The van der Waals surface area contributed by atoms with Crippen LogP contribution >= 0.6 is 11.3 Å². The highest BCUT2D eigenvalue weighted by atomic mass is 32.1. The SMILES string of the molecule is Cc1c(C(=O)OCC(=O)Nc2ccc(C(F)(F)F)cc2)sc2nc3n(c(=O)c12)CCC3. The van der Waals surface area contributed by atoms with Crippen molar-refractivity contribution in [3.05, 3.63) is 56.4 Å². The number of carbonyl (C=O) groups is 2. The molecular formula is C20H16F3N3O4S. The lowest BCUT2D eigenvalue weighted by Gasteiger charge is -2.09. The molecule has 1 aliphatic rings. The van der Waals surface area contributed by atoms with Crippen molar-refractivity contribution < 1.29 is 27.5 Å². The molecule has 1 aromatic carbocycles. The van der Waals surface area contributed by atoms with E-state index in [9.17, 15) is 27.6 Å². The average molecular weight is 451 g/mol. The number of carbonyl (C=O) groups excluding carboxylic acids is 2. The molecule has 0 saturated heterocycles. The van der Waals surface area contributed by atoms with E-state index in [1.807, 2.05) is 0 Å². The molecule has 11 heteroatoms. The van der Waals surface area contributed by atoms with E-state index in [2.05, 4.69) is 10.3 Å². The second-order valence-corrected chi connectivity index (χ2v) is 8.02. The van der Waals surface area contributed by atoms with Crippen molar-refractivity contribution in [3.63, 3.8) is 0 Å². The second kappa shape index (κ2) is 7.80. The van der Waals surface area contributed by atoms with Crippen LogP contribution in [0.15, 0.2) is 29.1 Å². The minimum atomic E-state index is -4.47. The zero-order valence-corrected chi connectivity index (χ0v) is 17.0. The molecule has 0 atom stereocenters. The van der Waals surface area contributed by atoms with E-state index >= 15 is 0 Å². The van der Waals surface area contributed by atoms with Gasteiger partial charge in [0.2, 0.25) is 0 Å². The van der Waals surface area contributed by atoms with Gasteiger partial charge in [-0.1, -0.05) is 0 Å².